The van der Waals surface area contributed by atoms with Crippen molar-refractivity contribution in [3.8, 4) is 0 Å². The van der Waals surface area contributed by atoms with E-state index in [4.69, 9.17) is 10.2 Å². The van der Waals surface area contributed by atoms with Crippen LogP contribution in [-0.4, -0.2) is 47.3 Å². The maximum atomic E-state index is 11.4. The van der Waals surface area contributed by atoms with Crippen LogP contribution < -0.4 is 0 Å². The molecule has 1 aromatic carbocycles. The predicted octanol–water partition coefficient (Wildman–Crippen LogP) is 0.169. The molecule has 0 atom stereocenters. The van der Waals surface area contributed by atoms with E-state index in [1.807, 2.05) is 0 Å². The van der Waals surface area contributed by atoms with E-state index >= 15 is 0 Å². The molecule has 0 unspecified atom stereocenters. The molecular weight excluding hydrogens is 272 g/mol. The number of rotatable bonds is 6. The maximum Gasteiger partial charge on any atom is 0.341 e. The summed E-state index contributed by atoms with van der Waals surface area (Å²) in [5.74, 6) is -4.27. The van der Waals surface area contributed by atoms with Gasteiger partial charge in [-0.3, -0.25) is 0 Å². The largest absolute Gasteiger partial charge is 0.479 e. The molecule has 1 aromatic rings. The highest BCUT2D eigenvalue weighted by molar-refractivity contribution is 5.94. The molecule has 20 heavy (non-hydrogen) atoms. The fourth-order valence-electron chi connectivity index (χ4n) is 1.16. The molecule has 0 aliphatic carbocycles. The van der Waals surface area contributed by atoms with Gasteiger partial charge in [0.05, 0.1) is 11.1 Å². The Hall–Kier alpha value is -2.90. The number of carbonyl (C=O) groups excluding carboxylic acids is 2. The summed E-state index contributed by atoms with van der Waals surface area (Å²) < 4.78 is 8.87. The van der Waals surface area contributed by atoms with E-state index in [0.717, 1.165) is 0 Å². The Balaban J connectivity index is 2.63. The van der Waals surface area contributed by atoms with E-state index in [2.05, 4.69) is 9.47 Å². The van der Waals surface area contributed by atoms with Crippen molar-refractivity contribution in [2.75, 3.05) is 13.2 Å². The highest BCUT2D eigenvalue weighted by Crippen LogP contribution is 2.07. The Morgan fingerprint density at radius 1 is 0.750 bits per heavy atom. The Morgan fingerprint density at radius 2 is 1.05 bits per heavy atom. The summed E-state index contributed by atoms with van der Waals surface area (Å²) >= 11 is 0. The quantitative estimate of drug-likeness (QED) is 0.707. The maximum absolute atomic E-state index is 11.4. The van der Waals surface area contributed by atoms with Gasteiger partial charge in [0, 0.05) is 0 Å². The summed E-state index contributed by atoms with van der Waals surface area (Å²) in [6, 6.07) is 4.95. The third kappa shape index (κ3) is 4.77. The molecule has 0 saturated heterocycles. The molecular formula is C12H10O8. The Kier molecular flexibility index (Phi) is 5.21. The van der Waals surface area contributed by atoms with Gasteiger partial charge in [0.2, 0.25) is 0 Å². The molecule has 0 aliphatic heterocycles. The number of carbonyl (C=O) groups is 4. The summed E-state index contributed by atoms with van der Waals surface area (Å²) in [5, 5.41) is 16.7. The number of esters is 2. The van der Waals surface area contributed by atoms with Crippen molar-refractivity contribution in [2.24, 2.45) is 0 Å². The molecule has 0 fully saturated rings. The van der Waals surface area contributed by atoms with Gasteiger partial charge in [-0.1, -0.05) is 0 Å². The molecule has 2 N–H and O–H groups in total. The Bertz CT molecular complexity index is 482. The fourth-order valence-corrected chi connectivity index (χ4v) is 1.16. The van der Waals surface area contributed by atoms with Crippen molar-refractivity contribution in [3.05, 3.63) is 35.4 Å². The molecule has 0 aliphatic rings. The molecule has 0 bridgehead atoms. The van der Waals surface area contributed by atoms with Crippen molar-refractivity contribution < 1.29 is 38.9 Å². The van der Waals surface area contributed by atoms with Crippen LogP contribution >= 0.6 is 0 Å². The van der Waals surface area contributed by atoms with Crippen molar-refractivity contribution in [1.29, 1.82) is 0 Å². The van der Waals surface area contributed by atoms with Crippen LogP contribution in [-0.2, 0) is 19.1 Å². The van der Waals surface area contributed by atoms with Gasteiger partial charge < -0.3 is 19.7 Å². The topological polar surface area (TPSA) is 127 Å². The third-order valence-corrected chi connectivity index (χ3v) is 2.01. The molecule has 1 rings (SSSR count). The zero-order chi connectivity index (χ0) is 15.1. The van der Waals surface area contributed by atoms with Crippen LogP contribution in [0.15, 0.2) is 24.3 Å². The van der Waals surface area contributed by atoms with Crippen LogP contribution in [0.4, 0.5) is 0 Å². The number of hydrogen-bond donors (Lipinski definition) is 2. The lowest BCUT2D eigenvalue weighted by atomic mass is 10.1. The van der Waals surface area contributed by atoms with Crippen LogP contribution in [0.3, 0.4) is 0 Å². The van der Waals surface area contributed by atoms with Crippen molar-refractivity contribution >= 4 is 23.9 Å². The molecule has 8 heteroatoms. The lowest BCUT2D eigenvalue weighted by molar-refractivity contribution is -0.141. The van der Waals surface area contributed by atoms with E-state index in [-0.39, 0.29) is 11.1 Å². The van der Waals surface area contributed by atoms with Gasteiger partial charge in [-0.15, -0.1) is 0 Å². The van der Waals surface area contributed by atoms with Gasteiger partial charge in [-0.25, -0.2) is 19.2 Å². The molecule has 8 nitrogen and oxygen atoms in total. The van der Waals surface area contributed by atoms with E-state index in [1.165, 1.54) is 24.3 Å². The number of benzene rings is 1. The molecule has 0 aromatic heterocycles. The normalized spacial score (nSPS) is 9.60. The first kappa shape index (κ1) is 15.2. The standard InChI is InChI=1S/C12H10O8/c13-9(14)5-19-11(17)7-1-2-8(4-3-7)12(18)20-6-10(15)16/h1-4H,5-6H2,(H,13,14)(H,15,16). The Labute approximate surface area is 112 Å². The van der Waals surface area contributed by atoms with Gasteiger partial charge in [-0.05, 0) is 24.3 Å². The second-order valence-electron chi connectivity index (χ2n) is 3.52. The van der Waals surface area contributed by atoms with E-state index in [1.54, 1.807) is 0 Å². The highest BCUT2D eigenvalue weighted by Gasteiger charge is 2.12. The first-order valence-electron chi connectivity index (χ1n) is 5.28. The van der Waals surface area contributed by atoms with Crippen LogP contribution in [0.1, 0.15) is 20.7 Å². The average molecular weight is 282 g/mol. The van der Waals surface area contributed by atoms with Crippen molar-refractivity contribution in [3.63, 3.8) is 0 Å². The minimum Gasteiger partial charge on any atom is -0.479 e. The van der Waals surface area contributed by atoms with E-state index in [0.29, 0.717) is 0 Å². The lowest BCUT2D eigenvalue weighted by Crippen LogP contribution is -2.14. The van der Waals surface area contributed by atoms with Crippen LogP contribution in [0, 0.1) is 0 Å². The van der Waals surface area contributed by atoms with E-state index < -0.39 is 37.1 Å². The van der Waals surface area contributed by atoms with Crippen LogP contribution in [0.2, 0.25) is 0 Å². The SMILES string of the molecule is O=C(O)COC(=O)c1ccc(C(=O)OCC(=O)O)cc1. The van der Waals surface area contributed by atoms with Gasteiger partial charge in [-0.2, -0.15) is 0 Å². The van der Waals surface area contributed by atoms with Gasteiger partial charge >= 0.3 is 23.9 Å². The second-order valence-corrected chi connectivity index (χ2v) is 3.52. The summed E-state index contributed by atoms with van der Waals surface area (Å²) in [7, 11) is 0. The molecule has 0 amide bonds. The number of hydrogen-bond acceptors (Lipinski definition) is 6. The highest BCUT2D eigenvalue weighted by atomic mass is 16.6. The molecule has 0 spiro atoms. The van der Waals surface area contributed by atoms with Crippen molar-refractivity contribution in [2.45, 2.75) is 0 Å². The summed E-state index contributed by atoms with van der Waals surface area (Å²) in [6.45, 7) is -1.53. The number of carboxylic acids is 2. The summed E-state index contributed by atoms with van der Waals surface area (Å²) in [6.07, 6.45) is 0. The zero-order valence-electron chi connectivity index (χ0n) is 10.1. The molecule has 0 heterocycles. The predicted molar refractivity (Wildman–Crippen MR) is 62.3 cm³/mol. The first-order valence-corrected chi connectivity index (χ1v) is 5.28. The van der Waals surface area contributed by atoms with Gasteiger partial charge in [0.15, 0.2) is 13.2 Å². The smallest absolute Gasteiger partial charge is 0.341 e. The minimum atomic E-state index is -1.28. The van der Waals surface area contributed by atoms with E-state index in [9.17, 15) is 19.2 Å². The van der Waals surface area contributed by atoms with Crippen molar-refractivity contribution in [1.82, 2.24) is 0 Å². The summed E-state index contributed by atoms with van der Waals surface area (Å²) in [5.41, 5.74) is 0.113. The van der Waals surface area contributed by atoms with Gasteiger partial charge in [0.25, 0.3) is 0 Å². The molecule has 106 valence electrons. The number of aliphatic carboxylic acids is 2. The molecule has 0 radical (unpaired) electrons. The number of carboxylic acid groups (broad SMARTS) is 2. The average Bonchev–Trinajstić information content (AvgIpc) is 2.42. The van der Waals surface area contributed by atoms with Gasteiger partial charge in [0.1, 0.15) is 0 Å². The molecule has 0 saturated carbocycles. The zero-order valence-corrected chi connectivity index (χ0v) is 10.1. The fraction of sp³-hybridized carbons (Fsp3) is 0.167. The van der Waals surface area contributed by atoms with Crippen LogP contribution in [0.25, 0.3) is 0 Å². The number of ether oxygens (including phenoxy) is 2. The van der Waals surface area contributed by atoms with Crippen LogP contribution in [0.5, 0.6) is 0 Å². The Morgan fingerprint density at radius 3 is 1.30 bits per heavy atom. The second kappa shape index (κ2) is 6.88. The summed E-state index contributed by atoms with van der Waals surface area (Å²) in [4.78, 5) is 43.2. The monoisotopic (exact) mass is 282 g/mol. The minimum absolute atomic E-state index is 0.0565. The lowest BCUT2D eigenvalue weighted by Gasteiger charge is -2.04. The first-order chi connectivity index (χ1) is 9.40. The third-order valence-electron chi connectivity index (χ3n) is 2.01.